The highest BCUT2D eigenvalue weighted by molar-refractivity contribution is 5.39. The lowest BCUT2D eigenvalue weighted by Gasteiger charge is -2.31. The first kappa shape index (κ1) is 10.7. The summed E-state index contributed by atoms with van der Waals surface area (Å²) in [5, 5.41) is 0. The van der Waals surface area contributed by atoms with Gasteiger partial charge in [-0.1, -0.05) is 12.1 Å². The molecule has 0 spiro atoms. The summed E-state index contributed by atoms with van der Waals surface area (Å²) >= 11 is 0. The molecule has 1 aliphatic rings. The Kier molecular flexibility index (Phi) is 2.38. The molecule has 0 aromatic heterocycles. The lowest BCUT2D eigenvalue weighted by molar-refractivity contribution is 0.136. The molecular formula is C14H21N. The van der Waals surface area contributed by atoms with E-state index in [1.165, 1.54) is 22.3 Å². The second-order valence-corrected chi connectivity index (χ2v) is 5.73. The number of benzene rings is 1. The van der Waals surface area contributed by atoms with Crippen molar-refractivity contribution < 1.29 is 0 Å². The second-order valence-electron chi connectivity index (χ2n) is 5.73. The zero-order valence-corrected chi connectivity index (χ0v) is 10.5. The van der Waals surface area contributed by atoms with Crippen LogP contribution in [0.25, 0.3) is 0 Å². The molecule has 0 fully saturated rings. The molecule has 1 aromatic carbocycles. The largest absolute Gasteiger partial charge is 0.290 e. The Morgan fingerprint density at radius 1 is 0.933 bits per heavy atom. The third-order valence-corrected chi connectivity index (χ3v) is 3.49. The fourth-order valence-corrected chi connectivity index (χ4v) is 2.17. The average molecular weight is 203 g/mol. The molecule has 15 heavy (non-hydrogen) atoms. The van der Waals surface area contributed by atoms with E-state index in [0.717, 1.165) is 13.1 Å². The van der Waals surface area contributed by atoms with Crippen molar-refractivity contribution in [2.75, 3.05) is 0 Å². The van der Waals surface area contributed by atoms with Crippen molar-refractivity contribution in [2.24, 2.45) is 0 Å². The molecule has 0 atom stereocenters. The minimum absolute atomic E-state index is 0.279. The molecule has 0 N–H and O–H groups in total. The summed E-state index contributed by atoms with van der Waals surface area (Å²) in [4.78, 5) is 2.54. The molecule has 1 heteroatoms. The maximum absolute atomic E-state index is 2.54. The van der Waals surface area contributed by atoms with E-state index in [0.29, 0.717) is 0 Å². The van der Waals surface area contributed by atoms with Crippen molar-refractivity contribution in [3.05, 3.63) is 34.4 Å². The normalized spacial score (nSPS) is 16.9. The highest BCUT2D eigenvalue weighted by Crippen LogP contribution is 2.30. The van der Waals surface area contributed by atoms with Crippen LogP contribution in [0.3, 0.4) is 0 Å². The van der Waals surface area contributed by atoms with Gasteiger partial charge >= 0.3 is 0 Å². The zero-order chi connectivity index (χ0) is 11.2. The SMILES string of the molecule is Cc1cc2c(cc1C)CN(C(C)(C)C)C2. The predicted octanol–water partition coefficient (Wildman–Crippen LogP) is 3.42. The van der Waals surface area contributed by atoms with Crippen LogP contribution in [-0.2, 0) is 13.1 Å². The molecule has 1 nitrogen and oxygen atoms in total. The number of hydrogen-bond donors (Lipinski definition) is 0. The van der Waals surface area contributed by atoms with Crippen LogP contribution in [0.2, 0.25) is 0 Å². The van der Waals surface area contributed by atoms with Crippen LogP contribution in [0.5, 0.6) is 0 Å². The van der Waals surface area contributed by atoms with Crippen molar-refractivity contribution >= 4 is 0 Å². The van der Waals surface area contributed by atoms with Gasteiger partial charge in [-0.25, -0.2) is 0 Å². The Hall–Kier alpha value is -0.820. The second kappa shape index (κ2) is 3.34. The first-order valence-electron chi connectivity index (χ1n) is 5.72. The van der Waals surface area contributed by atoms with Gasteiger partial charge < -0.3 is 0 Å². The topological polar surface area (TPSA) is 3.24 Å². The summed E-state index contributed by atoms with van der Waals surface area (Å²) < 4.78 is 0. The van der Waals surface area contributed by atoms with E-state index in [9.17, 15) is 0 Å². The maximum atomic E-state index is 2.54. The van der Waals surface area contributed by atoms with Crippen LogP contribution in [0.1, 0.15) is 43.0 Å². The van der Waals surface area contributed by atoms with Crippen LogP contribution in [0, 0.1) is 13.8 Å². The minimum atomic E-state index is 0.279. The van der Waals surface area contributed by atoms with Gasteiger partial charge in [0.2, 0.25) is 0 Å². The number of hydrogen-bond acceptors (Lipinski definition) is 1. The standard InChI is InChI=1S/C14H21N/c1-10-6-12-8-15(14(3,4)5)9-13(12)7-11(10)2/h6-7H,8-9H2,1-5H3. The van der Waals surface area contributed by atoms with Gasteiger partial charge in [-0.3, -0.25) is 4.90 Å². The summed E-state index contributed by atoms with van der Waals surface area (Å²) in [6, 6.07) is 4.72. The van der Waals surface area contributed by atoms with Crippen molar-refractivity contribution in [3.63, 3.8) is 0 Å². The summed E-state index contributed by atoms with van der Waals surface area (Å²) in [5.41, 5.74) is 6.16. The van der Waals surface area contributed by atoms with Crippen molar-refractivity contribution in [1.29, 1.82) is 0 Å². The average Bonchev–Trinajstić information content (AvgIpc) is 2.47. The van der Waals surface area contributed by atoms with Crippen molar-refractivity contribution in [3.8, 4) is 0 Å². The zero-order valence-electron chi connectivity index (χ0n) is 10.5. The molecule has 0 unspecified atom stereocenters. The Labute approximate surface area is 93.1 Å². The van der Waals surface area contributed by atoms with Gasteiger partial charge in [0.1, 0.15) is 0 Å². The van der Waals surface area contributed by atoms with E-state index in [-0.39, 0.29) is 5.54 Å². The monoisotopic (exact) mass is 203 g/mol. The number of fused-ring (bicyclic) bond motifs is 1. The molecule has 82 valence electrons. The van der Waals surface area contributed by atoms with Crippen molar-refractivity contribution in [2.45, 2.75) is 53.2 Å². The van der Waals surface area contributed by atoms with E-state index < -0.39 is 0 Å². The van der Waals surface area contributed by atoms with Crippen LogP contribution < -0.4 is 0 Å². The fraction of sp³-hybridized carbons (Fsp3) is 0.571. The number of nitrogens with zero attached hydrogens (tertiary/aromatic N) is 1. The summed E-state index contributed by atoms with van der Waals surface area (Å²) in [6.45, 7) is 13.5. The van der Waals surface area contributed by atoms with Gasteiger partial charge in [0.05, 0.1) is 0 Å². The molecule has 0 bridgehead atoms. The highest BCUT2D eigenvalue weighted by atomic mass is 15.2. The maximum Gasteiger partial charge on any atom is 0.0245 e. The number of rotatable bonds is 0. The third kappa shape index (κ3) is 1.93. The van der Waals surface area contributed by atoms with Gasteiger partial charge in [-0.2, -0.15) is 0 Å². The van der Waals surface area contributed by atoms with E-state index in [4.69, 9.17) is 0 Å². The molecule has 0 saturated heterocycles. The Morgan fingerprint density at radius 2 is 1.33 bits per heavy atom. The molecule has 0 radical (unpaired) electrons. The molecule has 2 rings (SSSR count). The highest BCUT2D eigenvalue weighted by Gasteiger charge is 2.28. The third-order valence-electron chi connectivity index (χ3n) is 3.49. The Balaban J connectivity index is 2.32. The van der Waals surface area contributed by atoms with Gasteiger partial charge in [-0.15, -0.1) is 0 Å². The molecule has 1 aliphatic heterocycles. The molecule has 0 aliphatic carbocycles. The van der Waals surface area contributed by atoms with Gasteiger partial charge in [0.15, 0.2) is 0 Å². The minimum Gasteiger partial charge on any atom is -0.290 e. The molecule has 1 heterocycles. The van der Waals surface area contributed by atoms with E-state index in [2.05, 4.69) is 51.7 Å². The number of aryl methyl sites for hydroxylation is 2. The quantitative estimate of drug-likeness (QED) is 0.624. The predicted molar refractivity (Wildman–Crippen MR) is 64.9 cm³/mol. The lowest BCUT2D eigenvalue weighted by atomic mass is 10.0. The fourth-order valence-electron chi connectivity index (χ4n) is 2.17. The van der Waals surface area contributed by atoms with Crippen LogP contribution in [0.15, 0.2) is 12.1 Å². The van der Waals surface area contributed by atoms with Crippen molar-refractivity contribution in [1.82, 2.24) is 4.90 Å². The van der Waals surface area contributed by atoms with Crippen LogP contribution >= 0.6 is 0 Å². The summed E-state index contributed by atoms with van der Waals surface area (Å²) in [5.74, 6) is 0. The molecule has 0 amide bonds. The van der Waals surface area contributed by atoms with Crippen LogP contribution in [-0.4, -0.2) is 10.4 Å². The molecule has 1 aromatic rings. The smallest absolute Gasteiger partial charge is 0.0245 e. The molecule has 0 saturated carbocycles. The van der Waals surface area contributed by atoms with Gasteiger partial charge in [0.25, 0.3) is 0 Å². The first-order chi connectivity index (χ1) is 6.88. The lowest BCUT2D eigenvalue weighted by Crippen LogP contribution is -2.36. The van der Waals surface area contributed by atoms with Gasteiger partial charge in [0, 0.05) is 18.6 Å². The summed E-state index contributed by atoms with van der Waals surface area (Å²) in [6.07, 6.45) is 0. The van der Waals surface area contributed by atoms with Crippen LogP contribution in [0.4, 0.5) is 0 Å². The van der Waals surface area contributed by atoms with E-state index in [1.807, 2.05) is 0 Å². The Bertz CT molecular complexity index is 354. The van der Waals surface area contributed by atoms with E-state index in [1.54, 1.807) is 0 Å². The summed E-state index contributed by atoms with van der Waals surface area (Å²) in [7, 11) is 0. The first-order valence-corrected chi connectivity index (χ1v) is 5.72. The van der Waals surface area contributed by atoms with Gasteiger partial charge in [-0.05, 0) is 56.9 Å². The van der Waals surface area contributed by atoms with E-state index >= 15 is 0 Å². The molecular weight excluding hydrogens is 182 g/mol. The Morgan fingerprint density at radius 3 is 1.67 bits per heavy atom.